The van der Waals surface area contributed by atoms with Gasteiger partial charge in [0.25, 0.3) is 0 Å². The predicted octanol–water partition coefficient (Wildman–Crippen LogP) is 1.99. The molecule has 9 N–H and O–H groups in total. The van der Waals surface area contributed by atoms with Gasteiger partial charge in [-0.05, 0) is 61.8 Å². The van der Waals surface area contributed by atoms with Crippen LogP contribution in [0.25, 0.3) is 10.9 Å². The lowest BCUT2D eigenvalue weighted by molar-refractivity contribution is -0.142. The summed E-state index contributed by atoms with van der Waals surface area (Å²) in [4.78, 5) is 55.3. The number of benzene rings is 2. The molecule has 232 valence electrons. The molecule has 11 heteroatoms. The van der Waals surface area contributed by atoms with Gasteiger partial charge in [-0.15, -0.1) is 0 Å². The molecule has 0 fully saturated rings. The van der Waals surface area contributed by atoms with Crippen LogP contribution in [0, 0.1) is 5.92 Å². The summed E-state index contributed by atoms with van der Waals surface area (Å²) in [5, 5.41) is 18.8. The van der Waals surface area contributed by atoms with Crippen LogP contribution in [-0.2, 0) is 32.0 Å². The zero-order valence-electron chi connectivity index (χ0n) is 24.8. The highest BCUT2D eigenvalue weighted by atomic mass is 16.4. The van der Waals surface area contributed by atoms with E-state index in [0.29, 0.717) is 32.2 Å². The van der Waals surface area contributed by atoms with Gasteiger partial charge in [0.15, 0.2) is 0 Å². The van der Waals surface area contributed by atoms with Crippen LogP contribution in [0.1, 0.15) is 50.7 Å². The fourth-order valence-corrected chi connectivity index (χ4v) is 4.97. The fraction of sp³-hybridized carbons (Fsp3) is 0.438. The van der Waals surface area contributed by atoms with E-state index < -0.39 is 47.9 Å². The smallest absolute Gasteiger partial charge is 0.326 e. The lowest BCUT2D eigenvalue weighted by atomic mass is 10.0. The van der Waals surface area contributed by atoms with Gasteiger partial charge in [0.2, 0.25) is 17.7 Å². The summed E-state index contributed by atoms with van der Waals surface area (Å²) in [5.74, 6) is -2.81. The number of amides is 3. The Morgan fingerprint density at radius 3 is 2.12 bits per heavy atom. The van der Waals surface area contributed by atoms with E-state index >= 15 is 0 Å². The number of aliphatic carboxylic acids is 1. The minimum atomic E-state index is -1.15. The van der Waals surface area contributed by atoms with Crippen LogP contribution in [0.4, 0.5) is 0 Å². The number of carboxylic acids is 1. The number of nitrogens with two attached hydrogens (primary N) is 2. The number of hydrogen-bond acceptors (Lipinski definition) is 6. The van der Waals surface area contributed by atoms with Crippen molar-refractivity contribution in [2.24, 2.45) is 17.4 Å². The topological polar surface area (TPSA) is 192 Å². The third kappa shape index (κ3) is 10.2. The van der Waals surface area contributed by atoms with Crippen molar-refractivity contribution in [2.45, 2.75) is 76.5 Å². The minimum absolute atomic E-state index is 0.0188. The number of carboxylic acid groups (broad SMARTS) is 1. The maximum absolute atomic E-state index is 13.7. The SMILES string of the molecule is CC(C)CC(NC(=O)C(Cc1c[nH]c2ccccc12)NC(=O)C(CCCCN)NC(=O)C(N)Cc1ccccc1)C(=O)O. The van der Waals surface area contributed by atoms with E-state index in [-0.39, 0.29) is 18.8 Å². The molecule has 0 aliphatic rings. The molecular weight excluding hydrogens is 548 g/mol. The van der Waals surface area contributed by atoms with E-state index in [1.54, 1.807) is 6.20 Å². The Hall–Kier alpha value is -4.22. The number of fused-ring (bicyclic) bond motifs is 1. The molecular formula is C32H44N6O5. The van der Waals surface area contributed by atoms with Crippen LogP contribution in [0.2, 0.25) is 0 Å². The Kier molecular flexibility index (Phi) is 12.7. The first-order valence-electron chi connectivity index (χ1n) is 14.8. The Morgan fingerprint density at radius 2 is 1.44 bits per heavy atom. The molecule has 0 saturated carbocycles. The second-order valence-electron chi connectivity index (χ2n) is 11.3. The average Bonchev–Trinajstić information content (AvgIpc) is 3.38. The quantitative estimate of drug-likeness (QED) is 0.117. The highest BCUT2D eigenvalue weighted by Gasteiger charge is 2.31. The van der Waals surface area contributed by atoms with Crippen molar-refractivity contribution in [1.29, 1.82) is 0 Å². The van der Waals surface area contributed by atoms with E-state index in [9.17, 15) is 24.3 Å². The monoisotopic (exact) mass is 592 g/mol. The molecule has 0 bridgehead atoms. The molecule has 2 aromatic carbocycles. The first kappa shape index (κ1) is 33.3. The lowest BCUT2D eigenvalue weighted by Gasteiger charge is -2.26. The minimum Gasteiger partial charge on any atom is -0.480 e. The molecule has 4 unspecified atom stereocenters. The Balaban J connectivity index is 1.82. The van der Waals surface area contributed by atoms with Gasteiger partial charge in [-0.3, -0.25) is 14.4 Å². The van der Waals surface area contributed by atoms with Gasteiger partial charge < -0.3 is 37.5 Å². The molecule has 3 amide bonds. The molecule has 0 spiro atoms. The largest absolute Gasteiger partial charge is 0.480 e. The molecule has 3 rings (SSSR count). The molecule has 0 aliphatic carbocycles. The van der Waals surface area contributed by atoms with Crippen LogP contribution in [0.15, 0.2) is 60.8 Å². The maximum Gasteiger partial charge on any atom is 0.326 e. The number of carbonyl (C=O) groups excluding carboxylic acids is 3. The number of H-pyrrole nitrogens is 1. The zero-order chi connectivity index (χ0) is 31.4. The van der Waals surface area contributed by atoms with Crippen LogP contribution in [0.3, 0.4) is 0 Å². The van der Waals surface area contributed by atoms with Gasteiger partial charge in [-0.25, -0.2) is 4.79 Å². The average molecular weight is 593 g/mol. The van der Waals surface area contributed by atoms with E-state index in [0.717, 1.165) is 22.0 Å². The van der Waals surface area contributed by atoms with Crippen molar-refractivity contribution >= 4 is 34.6 Å². The van der Waals surface area contributed by atoms with Crippen LogP contribution in [0.5, 0.6) is 0 Å². The Bertz CT molecular complexity index is 1360. The van der Waals surface area contributed by atoms with Crippen LogP contribution >= 0.6 is 0 Å². The molecule has 3 aromatic rings. The van der Waals surface area contributed by atoms with Gasteiger partial charge in [-0.1, -0.05) is 62.4 Å². The number of rotatable bonds is 17. The summed E-state index contributed by atoms with van der Waals surface area (Å²) in [5.41, 5.74) is 14.4. The number of hydrogen-bond donors (Lipinski definition) is 7. The molecule has 1 aromatic heterocycles. The highest BCUT2D eigenvalue weighted by molar-refractivity contribution is 5.95. The lowest BCUT2D eigenvalue weighted by Crippen LogP contribution is -2.57. The van der Waals surface area contributed by atoms with Gasteiger partial charge >= 0.3 is 5.97 Å². The van der Waals surface area contributed by atoms with E-state index in [1.165, 1.54) is 0 Å². The van der Waals surface area contributed by atoms with Crippen LogP contribution in [-0.4, -0.2) is 64.5 Å². The first-order valence-corrected chi connectivity index (χ1v) is 14.8. The summed E-state index contributed by atoms with van der Waals surface area (Å²) in [6.07, 6.45) is 3.89. The standard InChI is InChI=1S/C32H44N6O5/c1-20(2)16-28(32(42)43)38-31(41)27(18-22-19-35-25-13-7-6-12-23(22)25)37-30(40)26(14-8-9-15-33)36-29(39)24(34)17-21-10-4-3-5-11-21/h3-7,10-13,19-20,24,26-28,35H,8-9,14-18,33-34H2,1-2H3,(H,36,39)(H,37,40)(H,38,41)(H,42,43). The summed E-state index contributed by atoms with van der Waals surface area (Å²) >= 11 is 0. The highest BCUT2D eigenvalue weighted by Crippen LogP contribution is 2.20. The third-order valence-corrected chi connectivity index (χ3v) is 7.27. The van der Waals surface area contributed by atoms with E-state index in [1.807, 2.05) is 68.4 Å². The second-order valence-corrected chi connectivity index (χ2v) is 11.3. The number of carbonyl (C=O) groups is 4. The van der Waals surface area contributed by atoms with Crippen molar-refractivity contribution in [3.8, 4) is 0 Å². The number of nitrogens with one attached hydrogen (secondary N) is 4. The summed E-state index contributed by atoms with van der Waals surface area (Å²) in [7, 11) is 0. The second kappa shape index (κ2) is 16.4. The third-order valence-electron chi connectivity index (χ3n) is 7.27. The van der Waals surface area contributed by atoms with E-state index in [2.05, 4.69) is 20.9 Å². The van der Waals surface area contributed by atoms with Crippen molar-refractivity contribution in [2.75, 3.05) is 6.54 Å². The molecule has 11 nitrogen and oxygen atoms in total. The number of para-hydroxylation sites is 1. The van der Waals surface area contributed by atoms with Crippen molar-refractivity contribution in [3.05, 3.63) is 71.9 Å². The van der Waals surface area contributed by atoms with Crippen molar-refractivity contribution < 1.29 is 24.3 Å². The normalized spacial score (nSPS) is 14.1. The molecule has 0 saturated heterocycles. The molecule has 43 heavy (non-hydrogen) atoms. The summed E-state index contributed by atoms with van der Waals surface area (Å²) in [6.45, 7) is 4.16. The Morgan fingerprint density at radius 1 is 0.814 bits per heavy atom. The van der Waals surface area contributed by atoms with E-state index in [4.69, 9.17) is 11.5 Å². The van der Waals surface area contributed by atoms with Crippen LogP contribution < -0.4 is 27.4 Å². The predicted molar refractivity (Wildman–Crippen MR) is 166 cm³/mol. The van der Waals surface area contributed by atoms with Crippen molar-refractivity contribution in [1.82, 2.24) is 20.9 Å². The van der Waals surface area contributed by atoms with Crippen molar-refractivity contribution in [3.63, 3.8) is 0 Å². The number of aromatic nitrogens is 1. The van der Waals surface area contributed by atoms with Gasteiger partial charge in [0.05, 0.1) is 6.04 Å². The summed E-state index contributed by atoms with van der Waals surface area (Å²) < 4.78 is 0. The summed E-state index contributed by atoms with van der Waals surface area (Å²) in [6, 6.07) is 12.8. The molecule has 4 atom stereocenters. The first-order chi connectivity index (χ1) is 20.6. The maximum atomic E-state index is 13.7. The zero-order valence-corrected chi connectivity index (χ0v) is 24.8. The molecule has 1 heterocycles. The molecule has 0 aliphatic heterocycles. The van der Waals surface area contributed by atoms with Gasteiger partial charge in [-0.2, -0.15) is 0 Å². The van der Waals surface area contributed by atoms with Gasteiger partial charge in [0, 0.05) is 23.5 Å². The van der Waals surface area contributed by atoms with Gasteiger partial charge in [0.1, 0.15) is 18.1 Å². The number of unbranched alkanes of at least 4 members (excludes halogenated alkanes) is 1. The molecule has 0 radical (unpaired) electrons. The number of aromatic amines is 1. The fourth-order valence-electron chi connectivity index (χ4n) is 4.97. The Labute approximate surface area is 252 Å².